The summed E-state index contributed by atoms with van der Waals surface area (Å²) >= 11 is 0. The third kappa shape index (κ3) is 4.53. The summed E-state index contributed by atoms with van der Waals surface area (Å²) < 4.78 is 2.66. The van der Waals surface area contributed by atoms with Crippen LogP contribution in [0.1, 0.15) is 41.5 Å². The standard InChI is InChI=1S/C14H36N4Si/c1-9-15(10-2)18(16(11-3)12-4)19(7,8)17(13-5)14-6/h9-14H2,1-8H3. The fourth-order valence-electron chi connectivity index (χ4n) is 2.98. The Morgan fingerprint density at radius 1 is 0.579 bits per heavy atom. The lowest BCUT2D eigenvalue weighted by Crippen LogP contribution is -2.71. The van der Waals surface area contributed by atoms with Gasteiger partial charge in [-0.1, -0.05) is 41.5 Å². The summed E-state index contributed by atoms with van der Waals surface area (Å²) in [6.45, 7) is 25.1. The van der Waals surface area contributed by atoms with Crippen LogP contribution in [0.15, 0.2) is 0 Å². The molecule has 5 heteroatoms. The maximum Gasteiger partial charge on any atom is 0.234 e. The topological polar surface area (TPSA) is 13.0 Å². The van der Waals surface area contributed by atoms with Gasteiger partial charge in [0.1, 0.15) is 0 Å². The molecule has 0 aliphatic heterocycles. The van der Waals surface area contributed by atoms with E-state index < -0.39 is 8.40 Å². The zero-order valence-electron chi connectivity index (χ0n) is 14.5. The number of nitrogens with zero attached hydrogens (tertiary/aromatic N) is 4. The summed E-state index contributed by atoms with van der Waals surface area (Å²) in [4.78, 5) is 2.61. The highest BCUT2D eigenvalue weighted by atomic mass is 28.3. The number of hydrazine groups is 2. The third-order valence-corrected chi connectivity index (χ3v) is 7.75. The number of hydrogen-bond donors (Lipinski definition) is 0. The first-order chi connectivity index (χ1) is 8.94. The van der Waals surface area contributed by atoms with Crippen molar-refractivity contribution in [1.82, 2.24) is 19.4 Å². The lowest BCUT2D eigenvalue weighted by atomic mass is 10.6. The Morgan fingerprint density at radius 2 is 0.895 bits per heavy atom. The average molecular weight is 289 g/mol. The zero-order chi connectivity index (χ0) is 15.1. The summed E-state index contributed by atoms with van der Waals surface area (Å²) in [7, 11) is -1.65. The average Bonchev–Trinajstić information content (AvgIpc) is 2.40. The van der Waals surface area contributed by atoms with Crippen molar-refractivity contribution in [3.8, 4) is 0 Å². The molecule has 0 atom stereocenters. The second kappa shape index (κ2) is 9.08. The first kappa shape index (κ1) is 19.1. The molecule has 0 aliphatic carbocycles. The molecule has 0 N–H and O–H groups in total. The van der Waals surface area contributed by atoms with Gasteiger partial charge < -0.3 is 4.57 Å². The van der Waals surface area contributed by atoms with Crippen molar-refractivity contribution in [2.45, 2.75) is 54.6 Å². The van der Waals surface area contributed by atoms with Crippen LogP contribution in [-0.2, 0) is 0 Å². The molecule has 116 valence electrons. The van der Waals surface area contributed by atoms with E-state index in [0.717, 1.165) is 39.3 Å². The van der Waals surface area contributed by atoms with Gasteiger partial charge in [0.2, 0.25) is 8.40 Å². The SMILES string of the molecule is CCN(CC)N(N(CC)CC)[Si](C)(C)N(CC)CC. The Morgan fingerprint density at radius 3 is 1.11 bits per heavy atom. The van der Waals surface area contributed by atoms with E-state index in [1.54, 1.807) is 0 Å². The van der Waals surface area contributed by atoms with Crippen LogP contribution in [0.3, 0.4) is 0 Å². The maximum atomic E-state index is 2.66. The highest BCUT2D eigenvalue weighted by molar-refractivity contribution is 6.71. The van der Waals surface area contributed by atoms with Crippen molar-refractivity contribution < 1.29 is 0 Å². The highest BCUT2D eigenvalue weighted by Gasteiger charge is 2.40. The van der Waals surface area contributed by atoms with E-state index >= 15 is 0 Å². The zero-order valence-corrected chi connectivity index (χ0v) is 15.5. The molecule has 0 aromatic rings. The first-order valence-corrected chi connectivity index (χ1v) is 10.9. The molecule has 0 aromatic carbocycles. The number of rotatable bonds is 10. The van der Waals surface area contributed by atoms with Crippen LogP contribution in [0.5, 0.6) is 0 Å². The fourth-order valence-corrected chi connectivity index (χ4v) is 6.73. The van der Waals surface area contributed by atoms with E-state index in [1.165, 1.54) is 0 Å². The molecule has 0 saturated carbocycles. The third-order valence-electron chi connectivity index (χ3n) is 4.02. The molecule has 0 unspecified atom stereocenters. The fraction of sp³-hybridized carbons (Fsp3) is 1.00. The minimum atomic E-state index is -1.65. The molecule has 4 nitrogen and oxygen atoms in total. The second-order valence-electron chi connectivity index (χ2n) is 5.23. The maximum absolute atomic E-state index is 2.66. The molecule has 0 saturated heterocycles. The van der Waals surface area contributed by atoms with Gasteiger partial charge in [0.05, 0.1) is 0 Å². The summed E-state index contributed by atoms with van der Waals surface area (Å²) in [5, 5.41) is 5.00. The van der Waals surface area contributed by atoms with Crippen LogP contribution < -0.4 is 0 Å². The van der Waals surface area contributed by atoms with E-state index in [-0.39, 0.29) is 0 Å². The summed E-state index contributed by atoms with van der Waals surface area (Å²) in [6.07, 6.45) is 0. The van der Waals surface area contributed by atoms with Crippen LogP contribution >= 0.6 is 0 Å². The summed E-state index contributed by atoms with van der Waals surface area (Å²) in [5.74, 6) is 0. The van der Waals surface area contributed by atoms with Gasteiger partial charge in [-0.3, -0.25) is 0 Å². The predicted molar refractivity (Wildman–Crippen MR) is 88.1 cm³/mol. The second-order valence-corrected chi connectivity index (χ2v) is 9.26. The molecule has 0 bridgehead atoms. The van der Waals surface area contributed by atoms with Gasteiger partial charge in [-0.05, 0) is 26.2 Å². The van der Waals surface area contributed by atoms with E-state index in [2.05, 4.69) is 74.0 Å². The molecule has 0 aromatic heterocycles. The van der Waals surface area contributed by atoms with E-state index in [9.17, 15) is 0 Å². The van der Waals surface area contributed by atoms with Gasteiger partial charge in [-0.15, -0.1) is 0 Å². The Hall–Kier alpha value is 0.0569. The Balaban J connectivity index is 5.41. The molecule has 0 radical (unpaired) electrons. The lowest BCUT2D eigenvalue weighted by molar-refractivity contribution is -0.120. The van der Waals surface area contributed by atoms with Crippen molar-refractivity contribution in [2.24, 2.45) is 0 Å². The van der Waals surface area contributed by atoms with Crippen LogP contribution in [0.25, 0.3) is 0 Å². The molecule has 0 spiro atoms. The molecule has 19 heavy (non-hydrogen) atoms. The quantitative estimate of drug-likeness (QED) is 0.453. The monoisotopic (exact) mass is 288 g/mol. The predicted octanol–water partition coefficient (Wildman–Crippen LogP) is 2.85. The molecule has 0 rings (SSSR count). The van der Waals surface area contributed by atoms with Crippen LogP contribution in [0.2, 0.25) is 13.1 Å². The first-order valence-electron chi connectivity index (χ1n) is 7.99. The van der Waals surface area contributed by atoms with Gasteiger partial charge in [0.25, 0.3) is 0 Å². The van der Waals surface area contributed by atoms with E-state index in [1.807, 2.05) is 0 Å². The summed E-state index contributed by atoms with van der Waals surface area (Å²) in [5.41, 5.74) is 0. The Kier molecular flexibility index (Phi) is 9.10. The molecule has 0 fully saturated rings. The molecular weight excluding hydrogens is 252 g/mol. The van der Waals surface area contributed by atoms with Crippen molar-refractivity contribution in [3.05, 3.63) is 0 Å². The van der Waals surface area contributed by atoms with Gasteiger partial charge in [0.15, 0.2) is 0 Å². The van der Waals surface area contributed by atoms with Gasteiger partial charge in [-0.25, -0.2) is 10.0 Å². The summed E-state index contributed by atoms with van der Waals surface area (Å²) in [6, 6.07) is 0. The van der Waals surface area contributed by atoms with Crippen LogP contribution in [0, 0.1) is 0 Å². The highest BCUT2D eigenvalue weighted by Crippen LogP contribution is 2.20. The Bertz CT molecular complexity index is 211. The smallest absolute Gasteiger partial charge is 0.234 e. The van der Waals surface area contributed by atoms with Crippen LogP contribution in [0.4, 0.5) is 0 Å². The minimum Gasteiger partial charge on any atom is -0.311 e. The lowest BCUT2D eigenvalue weighted by Gasteiger charge is -2.52. The largest absolute Gasteiger partial charge is 0.311 e. The van der Waals surface area contributed by atoms with Crippen LogP contribution in [-0.4, -0.2) is 67.0 Å². The van der Waals surface area contributed by atoms with E-state index in [4.69, 9.17) is 0 Å². The van der Waals surface area contributed by atoms with Crippen molar-refractivity contribution in [2.75, 3.05) is 39.3 Å². The molecule has 0 aliphatic rings. The molecule has 0 amide bonds. The van der Waals surface area contributed by atoms with Crippen molar-refractivity contribution >= 4 is 8.40 Å². The molecule has 0 heterocycles. The van der Waals surface area contributed by atoms with Crippen molar-refractivity contribution in [3.63, 3.8) is 0 Å². The number of hydrogen-bond acceptors (Lipinski definition) is 4. The van der Waals surface area contributed by atoms with Crippen molar-refractivity contribution in [1.29, 1.82) is 0 Å². The normalized spacial score (nSPS) is 13.3. The van der Waals surface area contributed by atoms with E-state index in [0.29, 0.717) is 0 Å². The van der Waals surface area contributed by atoms with Gasteiger partial charge in [-0.2, -0.15) is 4.78 Å². The Labute approximate surface area is 122 Å². The van der Waals surface area contributed by atoms with Gasteiger partial charge >= 0.3 is 0 Å². The minimum absolute atomic E-state index is 1.07. The van der Waals surface area contributed by atoms with Gasteiger partial charge in [0, 0.05) is 26.2 Å². The molecular formula is C14H36N4Si.